The van der Waals surface area contributed by atoms with Crippen LogP contribution in [-0.2, 0) is 11.0 Å². The third kappa shape index (κ3) is 6.13. The lowest BCUT2D eigenvalue weighted by Crippen LogP contribution is -2.04. The van der Waals surface area contributed by atoms with Gasteiger partial charge in [-0.2, -0.15) is 0 Å². The maximum Gasteiger partial charge on any atom is 0.225 e. The molecule has 2 aromatic carbocycles. The summed E-state index contributed by atoms with van der Waals surface area (Å²) in [7, 11) is 2.03. The largest absolute Gasteiger partial charge is 0.496 e. The molecule has 0 aliphatic rings. The Balaban J connectivity index is 1.86. The van der Waals surface area contributed by atoms with Gasteiger partial charge in [0.1, 0.15) is 30.6 Å². The van der Waals surface area contributed by atoms with E-state index >= 15 is 0 Å². The number of carbonyl (C=O) groups is 1. The SMILES string of the molecule is COc1cc(OC)c(C(=O)[PH](=O)CCCCCCc2ccccc2)c(OC)c1. The molecule has 0 saturated carbocycles. The van der Waals surface area contributed by atoms with Crippen LogP contribution < -0.4 is 14.2 Å². The van der Waals surface area contributed by atoms with Crippen LogP contribution in [0.25, 0.3) is 0 Å². The van der Waals surface area contributed by atoms with Crippen LogP contribution in [0.1, 0.15) is 41.6 Å². The van der Waals surface area contributed by atoms with E-state index in [1.807, 2.05) is 6.07 Å². The van der Waals surface area contributed by atoms with Crippen molar-refractivity contribution in [3.8, 4) is 17.2 Å². The number of aryl methyl sites for hydroxylation is 1. The van der Waals surface area contributed by atoms with E-state index in [1.54, 1.807) is 12.1 Å². The number of benzene rings is 2. The quantitative estimate of drug-likeness (QED) is 0.359. The summed E-state index contributed by atoms with van der Waals surface area (Å²) in [5.41, 5.74) is 1.18. The third-order valence-corrected chi connectivity index (χ3v) is 6.22. The minimum absolute atomic E-state index is 0.235. The van der Waals surface area contributed by atoms with E-state index in [2.05, 4.69) is 24.3 Å². The van der Waals surface area contributed by atoms with Crippen molar-refractivity contribution < 1.29 is 23.6 Å². The van der Waals surface area contributed by atoms with Crippen molar-refractivity contribution in [2.45, 2.75) is 32.1 Å². The fourth-order valence-corrected chi connectivity index (χ4v) is 4.42. The zero-order valence-electron chi connectivity index (χ0n) is 16.8. The van der Waals surface area contributed by atoms with Crippen molar-refractivity contribution in [2.75, 3.05) is 27.5 Å². The standard InChI is InChI=1S/C22H29O5P/c1-25-18-15-19(26-2)21(20(16-18)27-3)22(23)28(24)14-10-5-4-7-11-17-12-8-6-9-13-17/h6,8-9,12-13,15-16,28H,4-5,7,10-11,14H2,1-3H3. The van der Waals surface area contributed by atoms with E-state index < -0.39 is 13.3 Å². The van der Waals surface area contributed by atoms with Gasteiger partial charge in [-0.3, -0.25) is 4.79 Å². The molecule has 152 valence electrons. The van der Waals surface area contributed by atoms with E-state index in [4.69, 9.17) is 14.2 Å². The molecule has 1 atom stereocenters. The molecule has 1 unspecified atom stereocenters. The van der Waals surface area contributed by atoms with Crippen LogP contribution in [0.15, 0.2) is 42.5 Å². The van der Waals surface area contributed by atoms with Crippen molar-refractivity contribution in [1.29, 1.82) is 0 Å². The Kier molecular flexibility index (Phi) is 9.09. The Morgan fingerprint density at radius 3 is 2.04 bits per heavy atom. The van der Waals surface area contributed by atoms with Gasteiger partial charge in [-0.15, -0.1) is 0 Å². The molecular weight excluding hydrogens is 375 g/mol. The highest BCUT2D eigenvalue weighted by molar-refractivity contribution is 7.64. The number of hydrogen-bond acceptors (Lipinski definition) is 5. The number of ether oxygens (including phenoxy) is 3. The Hall–Kier alpha value is -2.26. The summed E-state index contributed by atoms with van der Waals surface area (Å²) < 4.78 is 28.4. The smallest absolute Gasteiger partial charge is 0.225 e. The van der Waals surface area contributed by atoms with Crippen LogP contribution >= 0.6 is 7.80 Å². The van der Waals surface area contributed by atoms with Crippen molar-refractivity contribution in [1.82, 2.24) is 0 Å². The first kappa shape index (κ1) is 22.0. The molecule has 0 N–H and O–H groups in total. The van der Waals surface area contributed by atoms with Crippen LogP contribution in [0, 0.1) is 0 Å². The molecule has 0 spiro atoms. The Bertz CT molecular complexity index is 764. The third-order valence-electron chi connectivity index (χ3n) is 4.66. The molecule has 0 radical (unpaired) electrons. The van der Waals surface area contributed by atoms with E-state index in [9.17, 15) is 9.36 Å². The fourth-order valence-electron chi connectivity index (χ4n) is 3.10. The highest BCUT2D eigenvalue weighted by Crippen LogP contribution is 2.40. The van der Waals surface area contributed by atoms with Crippen molar-refractivity contribution in [2.24, 2.45) is 0 Å². The van der Waals surface area contributed by atoms with E-state index in [1.165, 1.54) is 26.9 Å². The molecule has 0 amide bonds. The monoisotopic (exact) mass is 404 g/mol. The number of unbranched alkanes of at least 4 members (excludes halogenated alkanes) is 3. The Morgan fingerprint density at radius 2 is 1.46 bits per heavy atom. The van der Waals surface area contributed by atoms with Gasteiger partial charge in [-0.25, -0.2) is 0 Å². The molecule has 0 saturated heterocycles. The normalized spacial score (nSPS) is 11.7. The van der Waals surface area contributed by atoms with Gasteiger partial charge in [0, 0.05) is 18.3 Å². The van der Waals surface area contributed by atoms with Gasteiger partial charge in [-0.05, 0) is 24.8 Å². The lowest BCUT2D eigenvalue weighted by Gasteiger charge is -2.14. The van der Waals surface area contributed by atoms with E-state index in [0.29, 0.717) is 23.4 Å². The summed E-state index contributed by atoms with van der Waals surface area (Å²) in [4.78, 5) is 12.7. The van der Waals surface area contributed by atoms with Crippen molar-refractivity contribution >= 4 is 13.3 Å². The number of methoxy groups -OCH3 is 3. The number of carbonyl (C=O) groups excluding carboxylic acids is 1. The number of hydrogen-bond donors (Lipinski definition) is 0. The van der Waals surface area contributed by atoms with Crippen molar-refractivity contribution in [3.63, 3.8) is 0 Å². The minimum Gasteiger partial charge on any atom is -0.496 e. The second kappa shape index (κ2) is 11.6. The zero-order chi connectivity index (χ0) is 20.4. The maximum atomic E-state index is 12.7. The molecule has 2 aromatic rings. The summed E-state index contributed by atoms with van der Waals surface area (Å²) in [6.07, 6.45) is 5.36. The van der Waals surface area contributed by atoms with Crippen LogP contribution in [0.4, 0.5) is 0 Å². The molecule has 0 aliphatic carbocycles. The molecule has 28 heavy (non-hydrogen) atoms. The van der Waals surface area contributed by atoms with Gasteiger partial charge in [0.25, 0.3) is 0 Å². The van der Waals surface area contributed by atoms with Gasteiger partial charge < -0.3 is 18.8 Å². The first-order valence-corrected chi connectivity index (χ1v) is 11.1. The Labute approximate surface area is 167 Å². The molecule has 5 nitrogen and oxygen atoms in total. The molecule has 0 fully saturated rings. The summed E-state index contributed by atoms with van der Waals surface area (Å²) in [5.74, 6) is 1.16. The highest BCUT2D eigenvalue weighted by Gasteiger charge is 2.24. The molecule has 6 heteroatoms. The lowest BCUT2D eigenvalue weighted by molar-refractivity contribution is 0.107. The van der Waals surface area contributed by atoms with Gasteiger partial charge in [0.05, 0.1) is 21.3 Å². The van der Waals surface area contributed by atoms with Crippen LogP contribution in [0.3, 0.4) is 0 Å². The first-order valence-electron chi connectivity index (χ1n) is 9.52. The predicted octanol–water partition coefficient (Wildman–Crippen LogP) is 5.22. The summed E-state index contributed by atoms with van der Waals surface area (Å²) >= 11 is 0. The van der Waals surface area contributed by atoms with Crippen LogP contribution in [0.5, 0.6) is 17.2 Å². The van der Waals surface area contributed by atoms with E-state index in [-0.39, 0.29) is 5.56 Å². The fraction of sp³-hybridized carbons (Fsp3) is 0.409. The first-order chi connectivity index (χ1) is 13.6. The second-order valence-corrected chi connectivity index (χ2v) is 8.36. The minimum atomic E-state index is -2.43. The lowest BCUT2D eigenvalue weighted by atomic mass is 10.1. The number of rotatable bonds is 12. The predicted molar refractivity (Wildman–Crippen MR) is 113 cm³/mol. The highest BCUT2D eigenvalue weighted by atomic mass is 31.1. The molecule has 0 aromatic heterocycles. The summed E-state index contributed by atoms with van der Waals surface area (Å²) in [6, 6.07) is 13.6. The maximum absolute atomic E-state index is 12.7. The molecule has 2 rings (SSSR count). The second-order valence-electron chi connectivity index (χ2n) is 6.56. The molecule has 0 bridgehead atoms. The van der Waals surface area contributed by atoms with E-state index in [0.717, 1.165) is 32.1 Å². The molecule has 0 heterocycles. The molecule has 0 aliphatic heterocycles. The Morgan fingerprint density at radius 1 is 0.857 bits per heavy atom. The van der Waals surface area contributed by atoms with Gasteiger partial charge in [0.15, 0.2) is 0 Å². The van der Waals surface area contributed by atoms with Gasteiger partial charge in [-0.1, -0.05) is 43.2 Å². The summed E-state index contributed by atoms with van der Waals surface area (Å²) in [6.45, 7) is 0. The summed E-state index contributed by atoms with van der Waals surface area (Å²) in [5, 5.41) is 0. The van der Waals surface area contributed by atoms with Crippen LogP contribution in [0.2, 0.25) is 0 Å². The van der Waals surface area contributed by atoms with Gasteiger partial charge in [0.2, 0.25) is 5.52 Å². The molecular formula is C22H29O5P. The average Bonchev–Trinajstić information content (AvgIpc) is 2.74. The topological polar surface area (TPSA) is 61.8 Å². The van der Waals surface area contributed by atoms with Crippen molar-refractivity contribution in [3.05, 3.63) is 53.6 Å². The van der Waals surface area contributed by atoms with Crippen LogP contribution in [-0.4, -0.2) is 33.0 Å². The van der Waals surface area contributed by atoms with Gasteiger partial charge >= 0.3 is 0 Å². The zero-order valence-corrected chi connectivity index (χ0v) is 17.8. The average molecular weight is 404 g/mol.